The fourth-order valence-electron chi connectivity index (χ4n) is 2.94. The monoisotopic (exact) mass is 288 g/mol. The van der Waals surface area contributed by atoms with Gasteiger partial charge in [-0.15, -0.1) is 0 Å². The standard InChI is InChI=1S/C16H24N4O/c1-3-13-11-19(8-9-21-13)16-14(10-12(2)17)20-7-5-4-6-15(20)18-16/h4-7,12-13H,3,8-11,17H2,1-2H3. The van der Waals surface area contributed by atoms with Crippen LogP contribution in [-0.2, 0) is 11.2 Å². The molecule has 0 aromatic carbocycles. The molecule has 2 unspecified atom stereocenters. The molecule has 0 spiro atoms. The van der Waals surface area contributed by atoms with Gasteiger partial charge in [0.1, 0.15) is 5.65 Å². The van der Waals surface area contributed by atoms with Crippen molar-refractivity contribution in [3.05, 3.63) is 30.1 Å². The molecule has 2 atom stereocenters. The molecule has 0 saturated carbocycles. The molecule has 1 saturated heterocycles. The third kappa shape index (κ3) is 2.89. The molecule has 1 aliphatic rings. The van der Waals surface area contributed by atoms with E-state index >= 15 is 0 Å². The average Bonchev–Trinajstić information content (AvgIpc) is 2.86. The van der Waals surface area contributed by atoms with E-state index in [1.807, 2.05) is 25.1 Å². The number of anilines is 1. The number of imidazole rings is 1. The molecular formula is C16H24N4O. The number of pyridine rings is 1. The van der Waals surface area contributed by atoms with Crippen LogP contribution in [0.3, 0.4) is 0 Å². The SMILES string of the molecule is CCC1CN(c2nc3ccccn3c2CC(C)N)CCO1. The van der Waals surface area contributed by atoms with Crippen LogP contribution in [0, 0.1) is 0 Å². The Balaban J connectivity index is 2.00. The Morgan fingerprint density at radius 2 is 2.33 bits per heavy atom. The Morgan fingerprint density at radius 3 is 3.10 bits per heavy atom. The maximum atomic E-state index is 6.04. The number of hydrogen-bond donors (Lipinski definition) is 1. The van der Waals surface area contributed by atoms with Crippen molar-refractivity contribution in [3.8, 4) is 0 Å². The fourth-order valence-corrected chi connectivity index (χ4v) is 2.94. The Kier molecular flexibility index (Phi) is 4.12. The molecule has 2 aromatic rings. The van der Waals surface area contributed by atoms with Crippen molar-refractivity contribution in [2.75, 3.05) is 24.6 Å². The topological polar surface area (TPSA) is 55.8 Å². The first-order valence-electron chi connectivity index (χ1n) is 7.77. The molecule has 0 amide bonds. The van der Waals surface area contributed by atoms with Gasteiger partial charge < -0.3 is 19.8 Å². The molecule has 114 valence electrons. The normalized spacial score (nSPS) is 20.9. The molecule has 1 aliphatic heterocycles. The van der Waals surface area contributed by atoms with Gasteiger partial charge in [-0.2, -0.15) is 0 Å². The van der Waals surface area contributed by atoms with E-state index in [2.05, 4.69) is 22.4 Å². The van der Waals surface area contributed by atoms with E-state index in [9.17, 15) is 0 Å². The summed E-state index contributed by atoms with van der Waals surface area (Å²) in [6.07, 6.45) is 4.23. The number of rotatable bonds is 4. The Hall–Kier alpha value is -1.59. The van der Waals surface area contributed by atoms with Gasteiger partial charge in [0.2, 0.25) is 0 Å². The van der Waals surface area contributed by atoms with Gasteiger partial charge in [0.25, 0.3) is 0 Å². The molecule has 2 N–H and O–H groups in total. The fraction of sp³-hybridized carbons (Fsp3) is 0.562. The second-order valence-electron chi connectivity index (χ2n) is 5.84. The van der Waals surface area contributed by atoms with Gasteiger partial charge in [0.15, 0.2) is 5.82 Å². The van der Waals surface area contributed by atoms with Crippen molar-refractivity contribution in [1.29, 1.82) is 0 Å². The van der Waals surface area contributed by atoms with Crippen LogP contribution in [0.15, 0.2) is 24.4 Å². The molecule has 0 radical (unpaired) electrons. The molecule has 21 heavy (non-hydrogen) atoms. The van der Waals surface area contributed by atoms with E-state index in [1.54, 1.807) is 0 Å². The van der Waals surface area contributed by atoms with Crippen LogP contribution in [-0.4, -0.2) is 41.2 Å². The summed E-state index contributed by atoms with van der Waals surface area (Å²) in [6.45, 7) is 6.78. The molecule has 3 rings (SSSR count). The van der Waals surface area contributed by atoms with Crippen molar-refractivity contribution >= 4 is 11.5 Å². The first-order chi connectivity index (χ1) is 10.2. The molecule has 3 heterocycles. The number of hydrogen-bond acceptors (Lipinski definition) is 4. The van der Waals surface area contributed by atoms with Crippen molar-refractivity contribution in [1.82, 2.24) is 9.38 Å². The number of fused-ring (bicyclic) bond motifs is 1. The predicted molar refractivity (Wildman–Crippen MR) is 84.8 cm³/mol. The zero-order chi connectivity index (χ0) is 14.8. The lowest BCUT2D eigenvalue weighted by atomic mass is 10.1. The third-order valence-corrected chi connectivity index (χ3v) is 4.02. The van der Waals surface area contributed by atoms with Gasteiger partial charge in [0, 0.05) is 31.7 Å². The molecule has 0 aliphatic carbocycles. The van der Waals surface area contributed by atoms with Gasteiger partial charge in [-0.05, 0) is 25.5 Å². The van der Waals surface area contributed by atoms with E-state index in [1.165, 1.54) is 5.69 Å². The zero-order valence-electron chi connectivity index (χ0n) is 12.8. The highest BCUT2D eigenvalue weighted by atomic mass is 16.5. The maximum Gasteiger partial charge on any atom is 0.151 e. The predicted octanol–water partition coefficient (Wildman–Crippen LogP) is 1.84. The largest absolute Gasteiger partial charge is 0.375 e. The van der Waals surface area contributed by atoms with Crippen molar-refractivity contribution in [3.63, 3.8) is 0 Å². The summed E-state index contributed by atoms with van der Waals surface area (Å²) < 4.78 is 7.93. The van der Waals surface area contributed by atoms with E-state index in [0.29, 0.717) is 6.10 Å². The number of nitrogens with two attached hydrogens (primary N) is 1. The number of ether oxygens (including phenoxy) is 1. The van der Waals surface area contributed by atoms with Crippen molar-refractivity contribution in [2.24, 2.45) is 5.73 Å². The maximum absolute atomic E-state index is 6.04. The van der Waals surface area contributed by atoms with Crippen LogP contribution in [0.4, 0.5) is 5.82 Å². The minimum absolute atomic E-state index is 0.117. The van der Waals surface area contributed by atoms with Crippen LogP contribution >= 0.6 is 0 Å². The second kappa shape index (κ2) is 6.03. The number of nitrogens with zero attached hydrogens (tertiary/aromatic N) is 3. The van der Waals surface area contributed by atoms with E-state index in [0.717, 1.165) is 44.0 Å². The van der Waals surface area contributed by atoms with Gasteiger partial charge in [-0.25, -0.2) is 4.98 Å². The summed E-state index contributed by atoms with van der Waals surface area (Å²) >= 11 is 0. The highest BCUT2D eigenvalue weighted by Gasteiger charge is 2.24. The summed E-state index contributed by atoms with van der Waals surface area (Å²) in [5.74, 6) is 1.07. The summed E-state index contributed by atoms with van der Waals surface area (Å²) in [6, 6.07) is 6.23. The lowest BCUT2D eigenvalue weighted by Gasteiger charge is -2.33. The number of morpholine rings is 1. The minimum Gasteiger partial charge on any atom is -0.375 e. The summed E-state index contributed by atoms with van der Waals surface area (Å²) in [4.78, 5) is 7.19. The molecule has 2 aromatic heterocycles. The van der Waals surface area contributed by atoms with Gasteiger partial charge in [-0.1, -0.05) is 13.0 Å². The Morgan fingerprint density at radius 1 is 1.48 bits per heavy atom. The summed E-state index contributed by atoms with van der Waals surface area (Å²) in [5.41, 5.74) is 8.24. The molecule has 5 heteroatoms. The van der Waals surface area contributed by atoms with Gasteiger partial charge in [-0.3, -0.25) is 0 Å². The van der Waals surface area contributed by atoms with E-state index in [4.69, 9.17) is 15.5 Å². The lowest BCUT2D eigenvalue weighted by Crippen LogP contribution is -2.43. The zero-order valence-corrected chi connectivity index (χ0v) is 12.8. The summed E-state index contributed by atoms with van der Waals surface area (Å²) in [5, 5.41) is 0. The lowest BCUT2D eigenvalue weighted by molar-refractivity contribution is 0.0381. The van der Waals surface area contributed by atoms with Crippen molar-refractivity contribution in [2.45, 2.75) is 38.8 Å². The van der Waals surface area contributed by atoms with Gasteiger partial charge in [0.05, 0.1) is 18.4 Å². The Labute approximate surface area is 125 Å². The van der Waals surface area contributed by atoms with Crippen LogP contribution in [0.1, 0.15) is 26.0 Å². The molecule has 1 fully saturated rings. The molecular weight excluding hydrogens is 264 g/mol. The molecule has 5 nitrogen and oxygen atoms in total. The van der Waals surface area contributed by atoms with E-state index < -0.39 is 0 Å². The third-order valence-electron chi connectivity index (χ3n) is 4.02. The highest BCUT2D eigenvalue weighted by Crippen LogP contribution is 2.25. The van der Waals surface area contributed by atoms with E-state index in [-0.39, 0.29) is 6.04 Å². The number of aromatic nitrogens is 2. The smallest absolute Gasteiger partial charge is 0.151 e. The first kappa shape index (κ1) is 14.4. The second-order valence-corrected chi connectivity index (χ2v) is 5.84. The van der Waals surface area contributed by atoms with Crippen molar-refractivity contribution < 1.29 is 4.74 Å². The Bertz CT molecular complexity index is 607. The molecule has 0 bridgehead atoms. The first-order valence-corrected chi connectivity index (χ1v) is 7.77. The quantitative estimate of drug-likeness (QED) is 0.932. The van der Waals surface area contributed by atoms with Crippen LogP contribution < -0.4 is 10.6 Å². The highest BCUT2D eigenvalue weighted by molar-refractivity contribution is 5.56. The van der Waals surface area contributed by atoms with Crippen LogP contribution in [0.5, 0.6) is 0 Å². The average molecular weight is 288 g/mol. The minimum atomic E-state index is 0.117. The summed E-state index contributed by atoms with van der Waals surface area (Å²) in [7, 11) is 0. The van der Waals surface area contributed by atoms with Gasteiger partial charge >= 0.3 is 0 Å². The van der Waals surface area contributed by atoms with Crippen LogP contribution in [0.2, 0.25) is 0 Å². The van der Waals surface area contributed by atoms with Crippen LogP contribution in [0.25, 0.3) is 5.65 Å².